The van der Waals surface area contributed by atoms with Crippen molar-refractivity contribution in [3.8, 4) is 0 Å². The van der Waals surface area contributed by atoms with Gasteiger partial charge in [0, 0.05) is 0 Å². The van der Waals surface area contributed by atoms with Gasteiger partial charge < -0.3 is 0 Å². The second kappa shape index (κ2) is 5.95. The highest BCUT2D eigenvalue weighted by molar-refractivity contribution is 5.19. The van der Waals surface area contributed by atoms with Gasteiger partial charge in [0.1, 0.15) is 0 Å². The van der Waals surface area contributed by atoms with E-state index >= 15 is 0 Å². The molecule has 0 amide bonds. The first-order chi connectivity index (χ1) is 7.09. The monoisotopic (exact) mass is 204 g/mol. The van der Waals surface area contributed by atoms with Gasteiger partial charge in [-0.1, -0.05) is 42.9 Å². The first-order valence-corrected chi connectivity index (χ1v) is 6.09. The van der Waals surface area contributed by atoms with Gasteiger partial charge in [-0.2, -0.15) is 0 Å². The van der Waals surface area contributed by atoms with Crippen LogP contribution in [0.2, 0.25) is 0 Å². The highest BCUT2D eigenvalue weighted by Gasteiger charge is 2.16. The molecule has 0 heteroatoms. The van der Waals surface area contributed by atoms with Crippen molar-refractivity contribution in [1.29, 1.82) is 0 Å². The molecule has 0 bridgehead atoms. The summed E-state index contributed by atoms with van der Waals surface area (Å²) in [7, 11) is 0. The van der Waals surface area contributed by atoms with Crippen molar-refractivity contribution < 1.29 is 0 Å². The molecule has 0 fully saturated rings. The summed E-state index contributed by atoms with van der Waals surface area (Å²) in [5, 5.41) is 0. The topological polar surface area (TPSA) is 0 Å². The molecule has 84 valence electrons. The molecule has 1 aliphatic carbocycles. The molecule has 0 aromatic heterocycles. The first-order valence-electron chi connectivity index (χ1n) is 6.09. The van der Waals surface area contributed by atoms with Crippen molar-refractivity contribution in [1.82, 2.24) is 0 Å². The van der Waals surface area contributed by atoms with Gasteiger partial charge in [-0.25, -0.2) is 0 Å². The highest BCUT2D eigenvalue weighted by Crippen LogP contribution is 2.29. The average molecular weight is 204 g/mol. The highest BCUT2D eigenvalue weighted by atomic mass is 14.2. The van der Waals surface area contributed by atoms with Crippen LogP contribution < -0.4 is 0 Å². The van der Waals surface area contributed by atoms with Crippen molar-refractivity contribution in [2.45, 2.75) is 46.5 Å². The van der Waals surface area contributed by atoms with Gasteiger partial charge in [0.15, 0.2) is 0 Å². The van der Waals surface area contributed by atoms with Crippen molar-refractivity contribution in [2.24, 2.45) is 11.8 Å². The molecule has 0 nitrogen and oxygen atoms in total. The van der Waals surface area contributed by atoms with Gasteiger partial charge in [-0.15, -0.1) is 0 Å². The summed E-state index contributed by atoms with van der Waals surface area (Å²) in [4.78, 5) is 0. The maximum absolute atomic E-state index is 4.00. The first kappa shape index (κ1) is 12.3. The SMILES string of the molecule is C=C1C=CC([C@@H](C)CCC=C(C)C)CC1. The molecule has 0 heterocycles. The Labute approximate surface area is 94.8 Å². The molecule has 1 aliphatic rings. The largest absolute Gasteiger partial charge is 0.0958 e. The van der Waals surface area contributed by atoms with Crippen LogP contribution in [0.25, 0.3) is 0 Å². The van der Waals surface area contributed by atoms with Gasteiger partial charge in [-0.05, 0) is 51.4 Å². The van der Waals surface area contributed by atoms with E-state index in [0.29, 0.717) is 0 Å². The Balaban J connectivity index is 2.34. The molecule has 2 atom stereocenters. The number of rotatable bonds is 4. The Morgan fingerprint density at radius 2 is 2.33 bits per heavy atom. The van der Waals surface area contributed by atoms with E-state index in [0.717, 1.165) is 11.8 Å². The summed E-state index contributed by atoms with van der Waals surface area (Å²) in [5.41, 5.74) is 2.73. The minimum absolute atomic E-state index is 0.779. The van der Waals surface area contributed by atoms with Crippen LogP contribution in [-0.4, -0.2) is 0 Å². The van der Waals surface area contributed by atoms with Crippen molar-refractivity contribution in [3.05, 3.63) is 36.0 Å². The molecule has 0 saturated heterocycles. The van der Waals surface area contributed by atoms with Crippen LogP contribution in [0.15, 0.2) is 36.0 Å². The lowest BCUT2D eigenvalue weighted by molar-refractivity contribution is 0.377. The van der Waals surface area contributed by atoms with Crippen molar-refractivity contribution >= 4 is 0 Å². The molecule has 0 aromatic rings. The van der Waals surface area contributed by atoms with E-state index in [-0.39, 0.29) is 0 Å². The minimum atomic E-state index is 0.779. The second-order valence-corrected chi connectivity index (χ2v) is 5.06. The molecule has 1 rings (SSSR count). The molecule has 0 N–H and O–H groups in total. The van der Waals surface area contributed by atoms with E-state index in [1.807, 2.05) is 0 Å². The maximum Gasteiger partial charge on any atom is -0.0201 e. The minimum Gasteiger partial charge on any atom is -0.0958 e. The zero-order chi connectivity index (χ0) is 11.3. The summed E-state index contributed by atoms with van der Waals surface area (Å²) in [6.45, 7) is 10.7. The number of allylic oxidation sites excluding steroid dienone is 5. The van der Waals surface area contributed by atoms with Crippen LogP contribution in [0.1, 0.15) is 46.5 Å². The summed E-state index contributed by atoms with van der Waals surface area (Å²) >= 11 is 0. The van der Waals surface area contributed by atoms with Crippen LogP contribution >= 0.6 is 0 Å². The zero-order valence-corrected chi connectivity index (χ0v) is 10.4. The Kier molecular flexibility index (Phi) is 4.87. The van der Waals surface area contributed by atoms with Gasteiger partial charge in [-0.3, -0.25) is 0 Å². The van der Waals surface area contributed by atoms with Gasteiger partial charge >= 0.3 is 0 Å². The van der Waals surface area contributed by atoms with Crippen molar-refractivity contribution in [3.63, 3.8) is 0 Å². The Morgan fingerprint density at radius 1 is 1.60 bits per heavy atom. The number of hydrogen-bond acceptors (Lipinski definition) is 0. The Morgan fingerprint density at radius 3 is 2.87 bits per heavy atom. The van der Waals surface area contributed by atoms with Gasteiger partial charge in [0.2, 0.25) is 0 Å². The van der Waals surface area contributed by atoms with E-state index in [1.54, 1.807) is 0 Å². The fourth-order valence-electron chi connectivity index (χ4n) is 2.11. The van der Waals surface area contributed by atoms with Crippen LogP contribution in [0.5, 0.6) is 0 Å². The predicted molar refractivity (Wildman–Crippen MR) is 68.8 cm³/mol. The van der Waals surface area contributed by atoms with Gasteiger partial charge in [0.05, 0.1) is 0 Å². The third kappa shape index (κ3) is 4.51. The second-order valence-electron chi connectivity index (χ2n) is 5.06. The normalized spacial score (nSPS) is 22.6. The van der Waals surface area contributed by atoms with E-state index in [4.69, 9.17) is 0 Å². The average Bonchev–Trinajstić information content (AvgIpc) is 2.18. The maximum atomic E-state index is 4.00. The van der Waals surface area contributed by atoms with E-state index < -0.39 is 0 Å². The molecular formula is C15H24. The molecule has 0 spiro atoms. The standard InChI is InChI=1S/C15H24/c1-12(2)6-5-7-14(4)15-10-8-13(3)9-11-15/h6,8,10,14-15H,3,5,7,9,11H2,1-2,4H3/t14-,15?/m0/s1. The number of hydrogen-bond donors (Lipinski definition) is 0. The summed E-state index contributed by atoms with van der Waals surface area (Å²) in [6.07, 6.45) is 12.0. The predicted octanol–water partition coefficient (Wildman–Crippen LogP) is 4.89. The molecule has 1 unspecified atom stereocenters. The fraction of sp³-hybridized carbons (Fsp3) is 0.600. The Bertz CT molecular complexity index is 264. The van der Waals surface area contributed by atoms with Crippen LogP contribution in [0, 0.1) is 11.8 Å². The van der Waals surface area contributed by atoms with Crippen LogP contribution in [0.3, 0.4) is 0 Å². The lowest BCUT2D eigenvalue weighted by atomic mass is 9.82. The van der Waals surface area contributed by atoms with Gasteiger partial charge in [0.25, 0.3) is 0 Å². The molecule has 0 aliphatic heterocycles. The molecule has 0 radical (unpaired) electrons. The molecule has 0 saturated carbocycles. The van der Waals surface area contributed by atoms with Crippen LogP contribution in [0.4, 0.5) is 0 Å². The summed E-state index contributed by atoms with van der Waals surface area (Å²) in [6, 6.07) is 0. The smallest absolute Gasteiger partial charge is 0.0201 e. The zero-order valence-electron chi connectivity index (χ0n) is 10.4. The molecule has 0 aromatic carbocycles. The third-order valence-corrected chi connectivity index (χ3v) is 3.28. The van der Waals surface area contributed by atoms with E-state index in [1.165, 1.54) is 36.8 Å². The lowest BCUT2D eigenvalue weighted by Gasteiger charge is -2.23. The van der Waals surface area contributed by atoms with E-state index in [9.17, 15) is 0 Å². The van der Waals surface area contributed by atoms with Crippen LogP contribution in [-0.2, 0) is 0 Å². The summed E-state index contributed by atoms with van der Waals surface area (Å²) < 4.78 is 0. The van der Waals surface area contributed by atoms with Crippen molar-refractivity contribution in [2.75, 3.05) is 0 Å². The van der Waals surface area contributed by atoms with E-state index in [2.05, 4.69) is 45.6 Å². The quantitative estimate of drug-likeness (QED) is 0.572. The Hall–Kier alpha value is -0.780. The molecular weight excluding hydrogens is 180 g/mol. The fourth-order valence-corrected chi connectivity index (χ4v) is 2.11. The third-order valence-electron chi connectivity index (χ3n) is 3.28. The summed E-state index contributed by atoms with van der Waals surface area (Å²) in [5.74, 6) is 1.59. The lowest BCUT2D eigenvalue weighted by Crippen LogP contribution is -2.12. The molecule has 15 heavy (non-hydrogen) atoms.